The van der Waals surface area contributed by atoms with Crippen molar-refractivity contribution in [3.05, 3.63) is 27.1 Å². The Hall–Kier alpha value is -2.53. The Kier molecular flexibility index (Phi) is 9.40. The van der Waals surface area contributed by atoms with Crippen LogP contribution in [0.2, 0.25) is 0 Å². The van der Waals surface area contributed by atoms with Crippen molar-refractivity contribution in [2.45, 2.75) is 32.6 Å². The van der Waals surface area contributed by atoms with Gasteiger partial charge in [0.1, 0.15) is 6.54 Å². The average molecular weight is 555 g/mol. The molecule has 9 nitrogen and oxygen atoms in total. The summed E-state index contributed by atoms with van der Waals surface area (Å²) in [4.78, 5) is 52.6. The highest BCUT2D eigenvalue weighted by molar-refractivity contribution is 9.10. The summed E-state index contributed by atoms with van der Waals surface area (Å²) in [5.41, 5.74) is 0.580. The molecular formula is C23H27BrN2O7S. The minimum Gasteiger partial charge on any atom is -0.493 e. The third kappa shape index (κ3) is 6.53. The van der Waals surface area contributed by atoms with Crippen molar-refractivity contribution in [2.75, 3.05) is 40.0 Å². The molecule has 3 rings (SSSR count). The summed E-state index contributed by atoms with van der Waals surface area (Å²) in [5, 5.41) is -0.472. The van der Waals surface area contributed by atoms with Crippen LogP contribution in [0, 0.1) is 0 Å². The summed E-state index contributed by atoms with van der Waals surface area (Å²) in [7, 11) is 1.45. The second-order valence-electron chi connectivity index (χ2n) is 7.69. The van der Waals surface area contributed by atoms with E-state index in [1.807, 2.05) is 0 Å². The maximum atomic E-state index is 12.9. The van der Waals surface area contributed by atoms with Gasteiger partial charge >= 0.3 is 5.97 Å². The number of halogens is 1. The predicted octanol–water partition coefficient (Wildman–Crippen LogP) is 3.84. The van der Waals surface area contributed by atoms with Crippen molar-refractivity contribution in [1.82, 2.24) is 9.80 Å². The molecule has 2 saturated heterocycles. The van der Waals surface area contributed by atoms with Gasteiger partial charge in [-0.15, -0.1) is 0 Å². The van der Waals surface area contributed by atoms with E-state index in [2.05, 4.69) is 15.9 Å². The quantitative estimate of drug-likeness (QED) is 0.352. The van der Waals surface area contributed by atoms with Crippen molar-refractivity contribution >= 4 is 56.8 Å². The molecule has 1 aromatic carbocycles. The number of imide groups is 1. The molecule has 0 spiro atoms. The molecular weight excluding hydrogens is 528 g/mol. The largest absolute Gasteiger partial charge is 0.493 e. The van der Waals surface area contributed by atoms with Crippen LogP contribution in [0.4, 0.5) is 4.79 Å². The lowest BCUT2D eigenvalue weighted by Gasteiger charge is -2.22. The van der Waals surface area contributed by atoms with Crippen molar-refractivity contribution < 1.29 is 33.4 Å². The molecule has 0 unspecified atom stereocenters. The number of carbonyl (C=O) groups excluding carboxylic acids is 4. The van der Waals surface area contributed by atoms with Crippen LogP contribution in [-0.4, -0.2) is 72.8 Å². The van der Waals surface area contributed by atoms with Crippen LogP contribution in [0.5, 0.6) is 11.5 Å². The lowest BCUT2D eigenvalue weighted by atomic mass is 10.2. The van der Waals surface area contributed by atoms with Crippen molar-refractivity contribution in [1.29, 1.82) is 0 Å². The van der Waals surface area contributed by atoms with Crippen LogP contribution in [0.25, 0.3) is 6.08 Å². The fraction of sp³-hybridized carbons (Fsp3) is 0.478. The standard InChI is InChI=1S/C23H27BrN2O7S/c1-3-32-20(28)14-33-21-16(24)10-15(11-17(21)31-2)12-18-22(29)26(23(30)34-18)13-19(27)25-8-6-4-5-7-9-25/h10-12H,3-9,13-14H2,1-2H3. The summed E-state index contributed by atoms with van der Waals surface area (Å²) in [6.45, 7) is 2.72. The summed E-state index contributed by atoms with van der Waals surface area (Å²) >= 11 is 4.19. The second kappa shape index (κ2) is 12.3. The fourth-order valence-corrected chi connectivity index (χ4v) is 5.05. The number of esters is 1. The Morgan fingerprint density at radius 1 is 1.15 bits per heavy atom. The highest BCUT2D eigenvalue weighted by Gasteiger charge is 2.37. The second-order valence-corrected chi connectivity index (χ2v) is 9.54. The number of benzene rings is 1. The molecule has 34 heavy (non-hydrogen) atoms. The molecule has 0 saturated carbocycles. The molecule has 2 heterocycles. The number of rotatable bonds is 8. The van der Waals surface area contributed by atoms with Gasteiger partial charge in [-0.3, -0.25) is 19.3 Å². The first-order chi connectivity index (χ1) is 16.3. The predicted molar refractivity (Wildman–Crippen MR) is 131 cm³/mol. The van der Waals surface area contributed by atoms with Crippen LogP contribution < -0.4 is 9.47 Å². The van der Waals surface area contributed by atoms with Gasteiger partial charge in [-0.25, -0.2) is 4.79 Å². The number of thioether (sulfide) groups is 1. The Morgan fingerprint density at radius 3 is 2.50 bits per heavy atom. The zero-order valence-corrected chi connectivity index (χ0v) is 21.5. The zero-order chi connectivity index (χ0) is 24.7. The van der Waals surface area contributed by atoms with E-state index in [1.165, 1.54) is 7.11 Å². The average Bonchev–Trinajstić information content (AvgIpc) is 2.99. The normalized spacial score (nSPS) is 17.7. The topological polar surface area (TPSA) is 102 Å². The van der Waals surface area contributed by atoms with E-state index in [4.69, 9.17) is 14.2 Å². The number of nitrogens with zero attached hydrogens (tertiary/aromatic N) is 2. The fourth-order valence-electron chi connectivity index (χ4n) is 3.64. The van der Waals surface area contributed by atoms with Gasteiger partial charge in [0.05, 0.1) is 23.1 Å². The van der Waals surface area contributed by atoms with E-state index in [-0.39, 0.29) is 30.6 Å². The maximum absolute atomic E-state index is 12.9. The number of amides is 3. The van der Waals surface area contributed by atoms with Gasteiger partial charge in [0.25, 0.3) is 11.1 Å². The highest BCUT2D eigenvalue weighted by atomic mass is 79.9. The van der Waals surface area contributed by atoms with Gasteiger partial charge in [0.2, 0.25) is 5.91 Å². The molecule has 0 aliphatic carbocycles. The van der Waals surface area contributed by atoms with E-state index in [9.17, 15) is 19.2 Å². The van der Waals surface area contributed by atoms with Crippen LogP contribution in [0.1, 0.15) is 38.2 Å². The third-order valence-corrected chi connectivity index (χ3v) is 6.81. The van der Waals surface area contributed by atoms with Gasteiger partial charge in [-0.05, 0) is 71.2 Å². The van der Waals surface area contributed by atoms with Gasteiger partial charge in [-0.2, -0.15) is 0 Å². The molecule has 0 atom stereocenters. The molecule has 0 aromatic heterocycles. The van der Waals surface area contributed by atoms with E-state index >= 15 is 0 Å². The van der Waals surface area contributed by atoms with Crippen LogP contribution in [-0.2, 0) is 19.1 Å². The molecule has 184 valence electrons. The van der Waals surface area contributed by atoms with Crippen LogP contribution >= 0.6 is 27.7 Å². The van der Waals surface area contributed by atoms with Gasteiger partial charge in [0.15, 0.2) is 18.1 Å². The first-order valence-corrected chi connectivity index (χ1v) is 12.6. The first-order valence-electron chi connectivity index (χ1n) is 11.0. The zero-order valence-electron chi connectivity index (χ0n) is 19.1. The Bertz CT molecular complexity index is 990. The SMILES string of the molecule is CCOC(=O)COc1c(Br)cc(C=C2SC(=O)N(CC(=O)N3CCCCCC3)C2=O)cc1OC. The molecule has 0 radical (unpaired) electrons. The van der Waals surface area contributed by atoms with Gasteiger partial charge < -0.3 is 19.1 Å². The first kappa shape index (κ1) is 26.1. The number of methoxy groups -OCH3 is 1. The minimum absolute atomic E-state index is 0.210. The van der Waals surface area contributed by atoms with Crippen molar-refractivity contribution in [2.24, 2.45) is 0 Å². The molecule has 0 bridgehead atoms. The summed E-state index contributed by atoms with van der Waals surface area (Å²) in [5.74, 6) is -0.581. The Balaban J connectivity index is 1.73. The Morgan fingerprint density at radius 2 is 1.85 bits per heavy atom. The number of hydrogen-bond donors (Lipinski definition) is 0. The minimum atomic E-state index is -0.510. The lowest BCUT2D eigenvalue weighted by molar-refractivity contribution is -0.145. The molecule has 2 aliphatic rings. The number of carbonyl (C=O) groups is 4. The number of hydrogen-bond acceptors (Lipinski definition) is 8. The number of ether oxygens (including phenoxy) is 3. The molecule has 2 fully saturated rings. The van der Waals surface area contributed by atoms with Crippen LogP contribution in [0.15, 0.2) is 21.5 Å². The van der Waals surface area contributed by atoms with Crippen molar-refractivity contribution in [3.8, 4) is 11.5 Å². The molecule has 1 aromatic rings. The van der Waals surface area contributed by atoms with E-state index < -0.39 is 17.1 Å². The summed E-state index contributed by atoms with van der Waals surface area (Å²) in [6, 6.07) is 3.31. The molecule has 11 heteroatoms. The molecule has 2 aliphatic heterocycles. The summed E-state index contributed by atoms with van der Waals surface area (Å²) < 4.78 is 16.2. The van der Waals surface area contributed by atoms with E-state index in [0.29, 0.717) is 34.6 Å². The van der Waals surface area contributed by atoms with Crippen molar-refractivity contribution in [3.63, 3.8) is 0 Å². The molecule has 0 N–H and O–H groups in total. The smallest absolute Gasteiger partial charge is 0.344 e. The number of likely N-dealkylation sites (tertiary alicyclic amines) is 1. The van der Waals surface area contributed by atoms with Gasteiger partial charge in [0, 0.05) is 13.1 Å². The monoisotopic (exact) mass is 554 g/mol. The highest BCUT2D eigenvalue weighted by Crippen LogP contribution is 2.39. The lowest BCUT2D eigenvalue weighted by Crippen LogP contribution is -2.42. The van der Waals surface area contributed by atoms with Gasteiger partial charge in [-0.1, -0.05) is 12.8 Å². The van der Waals surface area contributed by atoms with E-state index in [0.717, 1.165) is 42.3 Å². The third-order valence-electron chi connectivity index (χ3n) is 5.31. The maximum Gasteiger partial charge on any atom is 0.344 e. The molecule has 3 amide bonds. The summed E-state index contributed by atoms with van der Waals surface area (Å²) in [6.07, 6.45) is 5.59. The Labute approximate surface area is 210 Å². The van der Waals surface area contributed by atoms with Crippen LogP contribution in [0.3, 0.4) is 0 Å². The van der Waals surface area contributed by atoms with E-state index in [1.54, 1.807) is 30.0 Å².